The molecule has 14 heteroatoms. The number of likely N-dealkylation sites (tertiary alicyclic amines) is 1. The molecule has 1 N–H and O–H groups in total. The Kier molecular flexibility index (Phi) is 8.08. The lowest BCUT2D eigenvalue weighted by molar-refractivity contribution is -0.348. The van der Waals surface area contributed by atoms with Gasteiger partial charge in [-0.25, -0.2) is 12.8 Å². The van der Waals surface area contributed by atoms with E-state index in [0.717, 1.165) is 6.07 Å². The highest BCUT2D eigenvalue weighted by Gasteiger charge is 2.73. The summed E-state index contributed by atoms with van der Waals surface area (Å²) in [5, 5.41) is 9.34. The smallest absolute Gasteiger partial charge is 0.435 e. The lowest BCUT2D eigenvalue weighted by Crippen LogP contribution is -2.62. The number of alkyl halides is 7. The first kappa shape index (κ1) is 32.2. The third kappa shape index (κ3) is 4.87. The van der Waals surface area contributed by atoms with E-state index < -0.39 is 62.0 Å². The van der Waals surface area contributed by atoms with E-state index in [1.54, 1.807) is 6.07 Å². The van der Waals surface area contributed by atoms with Crippen molar-refractivity contribution in [3.8, 4) is 0 Å². The Balaban J connectivity index is 1.64. The summed E-state index contributed by atoms with van der Waals surface area (Å²) in [4.78, 5) is 26.6. The lowest BCUT2D eigenvalue weighted by Gasteiger charge is -2.53. The summed E-state index contributed by atoms with van der Waals surface area (Å²) < 4.78 is 124. The number of piperidine rings is 1. The zero-order chi connectivity index (χ0) is 32.3. The first-order valence-electron chi connectivity index (χ1n) is 14.3. The van der Waals surface area contributed by atoms with Crippen LogP contribution in [0.1, 0.15) is 61.6 Å². The summed E-state index contributed by atoms with van der Waals surface area (Å²) in [7, 11) is -4.43. The van der Waals surface area contributed by atoms with Crippen molar-refractivity contribution in [1.29, 1.82) is 0 Å². The lowest BCUT2D eigenvalue weighted by atomic mass is 9.71. The molecule has 5 rings (SSSR count). The van der Waals surface area contributed by atoms with Gasteiger partial charge in [0.25, 0.3) is 0 Å². The molecule has 0 radical (unpaired) electrons. The van der Waals surface area contributed by atoms with E-state index >= 15 is 4.39 Å². The van der Waals surface area contributed by atoms with Crippen LogP contribution >= 0.6 is 0 Å². The molecule has 2 unspecified atom stereocenters. The van der Waals surface area contributed by atoms with Gasteiger partial charge in [0.15, 0.2) is 9.84 Å². The van der Waals surface area contributed by atoms with Gasteiger partial charge in [-0.1, -0.05) is 36.4 Å². The Labute approximate surface area is 249 Å². The highest BCUT2D eigenvalue weighted by atomic mass is 32.2. The topological polar surface area (TPSA) is 91.8 Å². The molecule has 6 nitrogen and oxygen atoms in total. The molecule has 44 heavy (non-hydrogen) atoms. The minimum atomic E-state index is -6.34. The molecule has 3 aliphatic rings. The zero-order valence-electron chi connectivity index (χ0n) is 23.3. The van der Waals surface area contributed by atoms with Crippen molar-refractivity contribution in [2.24, 2.45) is 11.8 Å². The number of aryl methyl sites for hydroxylation is 1. The van der Waals surface area contributed by atoms with Crippen molar-refractivity contribution in [3.05, 3.63) is 65.2 Å². The second kappa shape index (κ2) is 11.0. The number of fused-ring (bicyclic) bond motifs is 3. The Morgan fingerprint density at radius 1 is 0.841 bits per heavy atom. The van der Waals surface area contributed by atoms with Gasteiger partial charge in [0.05, 0.1) is 16.9 Å². The second-order valence-electron chi connectivity index (χ2n) is 11.8. The largest absolute Gasteiger partial charge is 0.481 e. The van der Waals surface area contributed by atoms with Crippen LogP contribution in [0.25, 0.3) is 0 Å². The van der Waals surface area contributed by atoms with Crippen LogP contribution in [0.5, 0.6) is 0 Å². The van der Waals surface area contributed by atoms with E-state index in [0.29, 0.717) is 12.1 Å². The van der Waals surface area contributed by atoms with Gasteiger partial charge in [-0.15, -0.1) is 0 Å². The summed E-state index contributed by atoms with van der Waals surface area (Å²) in [6.07, 6.45) is -11.8. The van der Waals surface area contributed by atoms with Crippen LogP contribution in [0, 0.1) is 11.8 Å². The molecular formula is C30H30F7NO5S. The Hall–Kier alpha value is -3.16. The fraction of sp³-hybridized carbons (Fsp3) is 0.533. The molecule has 0 bridgehead atoms. The highest BCUT2D eigenvalue weighted by Crippen LogP contribution is 2.56. The van der Waals surface area contributed by atoms with E-state index in [2.05, 4.69) is 0 Å². The number of halogens is 7. The molecule has 1 heterocycles. The molecule has 1 aliphatic heterocycles. The van der Waals surface area contributed by atoms with Crippen molar-refractivity contribution in [2.45, 2.75) is 85.1 Å². The number of hydrogen-bond donors (Lipinski definition) is 1. The quantitative estimate of drug-likeness (QED) is 0.375. The van der Waals surface area contributed by atoms with E-state index in [1.807, 2.05) is 0 Å². The van der Waals surface area contributed by atoms with Gasteiger partial charge in [-0.05, 0) is 74.6 Å². The molecule has 2 fully saturated rings. The number of sulfone groups is 1. The molecule has 0 spiro atoms. The molecule has 1 saturated carbocycles. The summed E-state index contributed by atoms with van der Waals surface area (Å²) in [6, 6.07) is 7.83. The third-order valence-electron chi connectivity index (χ3n) is 9.53. The number of rotatable bonds is 5. The van der Waals surface area contributed by atoms with Gasteiger partial charge in [-0.3, -0.25) is 9.59 Å². The molecule has 1 amide bonds. The van der Waals surface area contributed by atoms with Crippen molar-refractivity contribution in [3.63, 3.8) is 0 Å². The van der Waals surface area contributed by atoms with Crippen LogP contribution in [-0.2, 0) is 36.3 Å². The fourth-order valence-electron chi connectivity index (χ4n) is 7.35. The third-order valence-corrected chi connectivity index (χ3v) is 12.1. The minimum Gasteiger partial charge on any atom is -0.481 e. The van der Waals surface area contributed by atoms with Crippen LogP contribution < -0.4 is 0 Å². The Morgan fingerprint density at radius 2 is 1.43 bits per heavy atom. The summed E-state index contributed by atoms with van der Waals surface area (Å²) in [5.74, 6) is -2.47. The number of carboxylic acids is 1. The predicted molar refractivity (Wildman–Crippen MR) is 143 cm³/mol. The fourth-order valence-corrected chi connectivity index (χ4v) is 9.79. The Bertz CT molecular complexity index is 1520. The molecular weight excluding hydrogens is 619 g/mol. The van der Waals surface area contributed by atoms with E-state index in [1.165, 1.54) is 29.2 Å². The molecule has 2 aliphatic carbocycles. The average molecular weight is 650 g/mol. The maximum atomic E-state index is 15.0. The molecule has 1 saturated heterocycles. The normalized spacial score (nSPS) is 26.4. The monoisotopic (exact) mass is 649 g/mol. The minimum absolute atomic E-state index is 0.0554. The molecule has 2 aromatic rings. The summed E-state index contributed by atoms with van der Waals surface area (Å²) in [6.45, 7) is 0.178. The summed E-state index contributed by atoms with van der Waals surface area (Å²) >= 11 is 0. The standard InChI is InChI=1S/C30H30F7NO5S/c31-28(29(32,33)34,30(35,36)37)21-12-13-23-20(17-21)11-14-24-27(23,44(42,43)22-5-2-1-3-6-22)15-4-16-38(24)25(39)18-7-9-19(10-8-18)26(40)41/h1-3,5-6,12-13,17-19,24H,4,7-11,14-16H2,(H,40,41)/t18-,19-,24?,27?. The number of carboxylic acid groups (broad SMARTS) is 1. The van der Waals surface area contributed by atoms with E-state index in [9.17, 15) is 49.5 Å². The number of benzene rings is 2. The number of carbonyl (C=O) groups excluding carboxylic acids is 1. The Morgan fingerprint density at radius 3 is 2.00 bits per heavy atom. The van der Waals surface area contributed by atoms with Crippen molar-refractivity contribution in [2.75, 3.05) is 6.54 Å². The van der Waals surface area contributed by atoms with Crippen LogP contribution in [-0.4, -0.2) is 55.2 Å². The van der Waals surface area contributed by atoms with Gasteiger partial charge in [0, 0.05) is 18.0 Å². The van der Waals surface area contributed by atoms with Crippen molar-refractivity contribution in [1.82, 2.24) is 4.90 Å². The van der Waals surface area contributed by atoms with Crippen molar-refractivity contribution >= 4 is 21.7 Å². The number of hydrogen-bond acceptors (Lipinski definition) is 4. The predicted octanol–water partition coefficient (Wildman–Crippen LogP) is 6.47. The van der Waals surface area contributed by atoms with Gasteiger partial charge < -0.3 is 10.0 Å². The van der Waals surface area contributed by atoms with E-state index in [-0.39, 0.29) is 79.8 Å². The number of amides is 1. The van der Waals surface area contributed by atoms with Crippen molar-refractivity contribution < 1.29 is 53.8 Å². The van der Waals surface area contributed by atoms with Gasteiger partial charge >= 0.3 is 24.0 Å². The number of aliphatic carboxylic acids is 1. The maximum Gasteiger partial charge on any atom is 0.435 e. The number of carbonyl (C=O) groups is 2. The van der Waals surface area contributed by atoms with Crippen LogP contribution in [0.15, 0.2) is 53.4 Å². The molecule has 2 atom stereocenters. The van der Waals surface area contributed by atoms with Crippen LogP contribution in [0.3, 0.4) is 0 Å². The SMILES string of the molecule is O=C(O)[C@H]1CC[C@H](C(=O)N2CCCC3(S(=O)(=O)c4ccccc4)c4ccc(C(F)(C(F)(F)F)C(F)(F)F)cc4CCC23)CC1. The zero-order valence-corrected chi connectivity index (χ0v) is 24.1. The second-order valence-corrected chi connectivity index (χ2v) is 14.0. The number of nitrogens with zero attached hydrogens (tertiary/aromatic N) is 1. The molecule has 240 valence electrons. The molecule has 0 aromatic heterocycles. The van der Waals surface area contributed by atoms with Crippen LogP contribution in [0.4, 0.5) is 30.7 Å². The van der Waals surface area contributed by atoms with Gasteiger partial charge in [0.1, 0.15) is 4.75 Å². The molecule has 2 aromatic carbocycles. The van der Waals surface area contributed by atoms with Gasteiger partial charge in [0.2, 0.25) is 5.91 Å². The summed E-state index contributed by atoms with van der Waals surface area (Å²) in [5.41, 5.74) is -7.59. The van der Waals surface area contributed by atoms with Crippen LogP contribution in [0.2, 0.25) is 0 Å². The van der Waals surface area contributed by atoms with Gasteiger partial charge in [-0.2, -0.15) is 26.3 Å². The van der Waals surface area contributed by atoms with E-state index in [4.69, 9.17) is 0 Å². The average Bonchev–Trinajstić information content (AvgIpc) is 2.98. The first-order chi connectivity index (χ1) is 20.5. The first-order valence-corrected chi connectivity index (χ1v) is 15.7. The maximum absolute atomic E-state index is 15.0. The highest BCUT2D eigenvalue weighted by molar-refractivity contribution is 7.92.